The maximum atomic E-state index is 15.2. The van der Waals surface area contributed by atoms with E-state index in [0.717, 1.165) is 16.9 Å². The van der Waals surface area contributed by atoms with Crippen LogP contribution >= 0.6 is 0 Å². The lowest BCUT2D eigenvalue weighted by Gasteiger charge is -2.38. The van der Waals surface area contributed by atoms with Gasteiger partial charge in [0.1, 0.15) is 17.2 Å². The Bertz CT molecular complexity index is 2270. The van der Waals surface area contributed by atoms with Crippen molar-refractivity contribution < 1.29 is 38.4 Å². The Balaban J connectivity index is 1.23. The normalized spacial score (nSPS) is 19.8. The molecular weight excluding hydrogens is 735 g/mol. The predicted octanol–water partition coefficient (Wildman–Crippen LogP) is 7.97. The van der Waals surface area contributed by atoms with Crippen molar-refractivity contribution in [2.45, 2.75) is 50.9 Å². The number of carbonyl (C=O) groups excluding carboxylic acids is 3. The van der Waals surface area contributed by atoms with Crippen LogP contribution in [0, 0.1) is 11.8 Å². The predicted molar refractivity (Wildman–Crippen MR) is 223 cm³/mol. The lowest BCUT2D eigenvalue weighted by atomic mass is 9.63. The molecule has 0 saturated carbocycles. The summed E-state index contributed by atoms with van der Waals surface area (Å²) in [6, 6.07) is 34.5. The van der Waals surface area contributed by atoms with Crippen LogP contribution < -0.4 is 29.7 Å². The minimum absolute atomic E-state index is 0.118. The van der Waals surface area contributed by atoms with E-state index in [1.807, 2.05) is 60.7 Å². The number of nitrogens with zero attached hydrogens (tertiary/aromatic N) is 1. The number of hydrogen-bond acceptors (Lipinski definition) is 8. The van der Waals surface area contributed by atoms with Gasteiger partial charge in [0, 0.05) is 46.5 Å². The molecule has 4 atom stereocenters. The second-order valence-electron chi connectivity index (χ2n) is 15.4. The number of anilines is 3. The summed E-state index contributed by atoms with van der Waals surface area (Å²) in [6.45, 7) is 6.47. The van der Waals surface area contributed by atoms with E-state index in [1.54, 1.807) is 80.8 Å². The van der Waals surface area contributed by atoms with Gasteiger partial charge < -0.3 is 39.6 Å². The van der Waals surface area contributed by atoms with Crippen molar-refractivity contribution in [3.05, 3.63) is 143 Å². The molecule has 0 radical (unpaired) electrons. The number of aliphatic hydroxyl groups is 1. The third-order valence-corrected chi connectivity index (χ3v) is 11.8. The molecule has 0 aromatic heterocycles. The molecule has 2 aliphatic rings. The highest BCUT2D eigenvalue weighted by atomic mass is 16.5. The first-order valence-electron chi connectivity index (χ1n) is 19.3. The minimum Gasteiger partial charge on any atom is -0.497 e. The molecule has 58 heavy (non-hydrogen) atoms. The lowest BCUT2D eigenvalue weighted by Crippen LogP contribution is -2.45. The number of carbonyl (C=O) groups is 3. The molecule has 0 aliphatic carbocycles. The van der Waals surface area contributed by atoms with Gasteiger partial charge in [0.2, 0.25) is 0 Å². The number of fused-ring (bicyclic) bond motifs is 2. The van der Waals surface area contributed by atoms with Gasteiger partial charge >= 0.3 is 0 Å². The molecule has 11 nitrogen and oxygen atoms in total. The zero-order valence-corrected chi connectivity index (χ0v) is 33.6. The SMILES string of the molecule is COc1ccc(C(=O)Nc2ccc(CN3C(=O)[C@]4(O[C@H](CCO)[C@@H](C(C)(C)c5ccc(OC)cc5)[C@@H]4C)c4cc(NC(=O)c5ccc(OC)cc5)ccc43)cc2)cc1. The molecule has 5 aromatic rings. The standard InChI is InChI=1S/C47H49N3O8/c1-29-42(46(2,3)33-13-22-38(57-6)23-14-33)41(25-26-51)58-47(29)39-27-35(49-44(53)32-11-20-37(56-5)21-12-32)17-24-40(39)50(45(47)54)28-30-7-15-34(16-8-30)48-43(52)31-9-18-36(55-4)19-10-31/h7-24,27,29,41-42,51H,25-26,28H2,1-6H3,(H,48,52)(H,49,53)/t29-,41+,42-,47+/m0/s1. The molecule has 3 amide bonds. The van der Waals surface area contributed by atoms with Crippen molar-refractivity contribution in [3.63, 3.8) is 0 Å². The summed E-state index contributed by atoms with van der Waals surface area (Å²) >= 11 is 0. The Kier molecular flexibility index (Phi) is 11.3. The average Bonchev–Trinajstić information content (AvgIpc) is 3.67. The van der Waals surface area contributed by atoms with Crippen LogP contribution in [0.3, 0.4) is 0 Å². The largest absolute Gasteiger partial charge is 0.497 e. The quantitative estimate of drug-likeness (QED) is 0.110. The van der Waals surface area contributed by atoms with Crippen molar-refractivity contribution in [1.29, 1.82) is 0 Å². The fraction of sp³-hybridized carbons (Fsp3) is 0.298. The van der Waals surface area contributed by atoms with E-state index >= 15 is 4.79 Å². The molecule has 1 fully saturated rings. The Labute approximate surface area is 338 Å². The van der Waals surface area contributed by atoms with E-state index in [-0.39, 0.29) is 42.7 Å². The fourth-order valence-corrected chi connectivity index (χ4v) is 8.71. The monoisotopic (exact) mass is 783 g/mol. The fourth-order valence-electron chi connectivity index (χ4n) is 8.71. The number of rotatable bonds is 13. The number of aliphatic hydroxyl groups excluding tert-OH is 1. The number of ether oxygens (including phenoxy) is 4. The van der Waals surface area contributed by atoms with Gasteiger partial charge in [-0.25, -0.2) is 0 Å². The third-order valence-electron chi connectivity index (χ3n) is 11.8. The summed E-state index contributed by atoms with van der Waals surface area (Å²) in [5.41, 5.74) is 3.36. The minimum atomic E-state index is -1.42. The summed E-state index contributed by atoms with van der Waals surface area (Å²) in [5, 5.41) is 16.3. The third kappa shape index (κ3) is 7.39. The summed E-state index contributed by atoms with van der Waals surface area (Å²) in [5.74, 6) is 0.693. The first-order chi connectivity index (χ1) is 27.9. The average molecular weight is 784 g/mol. The second kappa shape index (κ2) is 16.4. The van der Waals surface area contributed by atoms with Gasteiger partial charge in [0.05, 0.1) is 39.7 Å². The number of amides is 3. The summed E-state index contributed by atoms with van der Waals surface area (Å²) in [7, 11) is 4.77. The van der Waals surface area contributed by atoms with Crippen LogP contribution in [0.5, 0.6) is 17.2 Å². The van der Waals surface area contributed by atoms with E-state index in [1.165, 1.54) is 0 Å². The summed E-state index contributed by atoms with van der Waals surface area (Å²) < 4.78 is 23.0. The molecule has 0 unspecified atom stereocenters. The number of methoxy groups -OCH3 is 3. The Hall–Kier alpha value is -6.17. The van der Waals surface area contributed by atoms with E-state index < -0.39 is 17.1 Å². The summed E-state index contributed by atoms with van der Waals surface area (Å²) in [6.07, 6.45) is -0.142. The van der Waals surface area contributed by atoms with Crippen LogP contribution in [0.1, 0.15) is 64.6 Å². The molecule has 0 bridgehead atoms. The Morgan fingerprint density at radius 2 is 1.24 bits per heavy atom. The van der Waals surface area contributed by atoms with Crippen molar-refractivity contribution in [2.24, 2.45) is 11.8 Å². The van der Waals surface area contributed by atoms with Gasteiger partial charge in [0.15, 0.2) is 5.60 Å². The van der Waals surface area contributed by atoms with Crippen molar-refractivity contribution in [2.75, 3.05) is 43.5 Å². The van der Waals surface area contributed by atoms with Gasteiger partial charge in [-0.3, -0.25) is 14.4 Å². The maximum Gasteiger partial charge on any atom is 0.264 e. The zero-order chi connectivity index (χ0) is 41.2. The highest BCUT2D eigenvalue weighted by Gasteiger charge is 2.65. The molecule has 1 spiro atoms. The van der Waals surface area contributed by atoms with Crippen LogP contribution in [-0.4, -0.2) is 56.9 Å². The molecule has 300 valence electrons. The van der Waals surface area contributed by atoms with Crippen molar-refractivity contribution in [1.82, 2.24) is 0 Å². The maximum absolute atomic E-state index is 15.2. The molecule has 2 heterocycles. The van der Waals surface area contributed by atoms with Crippen LogP contribution in [0.2, 0.25) is 0 Å². The Morgan fingerprint density at radius 1 is 0.741 bits per heavy atom. The molecule has 11 heteroatoms. The van der Waals surface area contributed by atoms with Gasteiger partial charge in [-0.15, -0.1) is 0 Å². The van der Waals surface area contributed by atoms with Crippen LogP contribution in [0.4, 0.5) is 17.1 Å². The number of benzene rings is 5. The van der Waals surface area contributed by atoms with E-state index in [9.17, 15) is 14.7 Å². The van der Waals surface area contributed by atoms with Crippen molar-refractivity contribution >= 4 is 34.8 Å². The van der Waals surface area contributed by atoms with Crippen molar-refractivity contribution in [3.8, 4) is 17.2 Å². The van der Waals surface area contributed by atoms with Gasteiger partial charge in [-0.2, -0.15) is 0 Å². The van der Waals surface area contributed by atoms with E-state index in [4.69, 9.17) is 18.9 Å². The van der Waals surface area contributed by atoms with E-state index in [0.29, 0.717) is 51.7 Å². The second-order valence-corrected chi connectivity index (χ2v) is 15.4. The van der Waals surface area contributed by atoms with Gasteiger partial charge in [0.25, 0.3) is 17.7 Å². The zero-order valence-electron chi connectivity index (χ0n) is 33.6. The lowest BCUT2D eigenvalue weighted by molar-refractivity contribution is -0.146. The molecular formula is C47H49N3O8. The van der Waals surface area contributed by atoms with Crippen LogP contribution in [0.15, 0.2) is 115 Å². The topological polar surface area (TPSA) is 136 Å². The molecule has 1 saturated heterocycles. The van der Waals surface area contributed by atoms with Crippen LogP contribution in [0.25, 0.3) is 0 Å². The highest BCUT2D eigenvalue weighted by molar-refractivity contribution is 6.09. The van der Waals surface area contributed by atoms with Gasteiger partial charge in [-0.05, 0) is 114 Å². The number of hydrogen-bond donors (Lipinski definition) is 3. The highest BCUT2D eigenvalue weighted by Crippen LogP contribution is 2.60. The van der Waals surface area contributed by atoms with E-state index in [2.05, 4.69) is 31.4 Å². The van der Waals surface area contributed by atoms with Gasteiger partial charge in [-0.1, -0.05) is 45.0 Å². The molecule has 3 N–H and O–H groups in total. The molecule has 7 rings (SSSR count). The number of nitrogens with one attached hydrogen (secondary N) is 2. The molecule has 2 aliphatic heterocycles. The first kappa shape index (κ1) is 40.0. The Morgan fingerprint density at radius 3 is 1.76 bits per heavy atom. The first-order valence-corrected chi connectivity index (χ1v) is 19.3. The summed E-state index contributed by atoms with van der Waals surface area (Å²) in [4.78, 5) is 43.4. The molecule has 5 aromatic carbocycles. The smallest absolute Gasteiger partial charge is 0.264 e. The van der Waals surface area contributed by atoms with Crippen LogP contribution in [-0.2, 0) is 27.1 Å².